The Hall–Kier alpha value is -2.97. The lowest BCUT2D eigenvalue weighted by Gasteiger charge is -2.40. The van der Waals surface area contributed by atoms with Crippen molar-refractivity contribution in [2.45, 2.75) is 25.7 Å². The summed E-state index contributed by atoms with van der Waals surface area (Å²) in [7, 11) is 0. The molecule has 0 unspecified atom stereocenters. The van der Waals surface area contributed by atoms with E-state index in [0.29, 0.717) is 44.6 Å². The highest BCUT2D eigenvalue weighted by Gasteiger charge is 2.46. The molecule has 0 bridgehead atoms. The highest BCUT2D eigenvalue weighted by atomic mass is 16.6. The summed E-state index contributed by atoms with van der Waals surface area (Å²) in [5.41, 5.74) is -0.631. The minimum atomic E-state index is -0.914. The Morgan fingerprint density at radius 1 is 1.04 bits per heavy atom. The van der Waals surface area contributed by atoms with Gasteiger partial charge in [0.15, 0.2) is 0 Å². The number of carboxylic acids is 1. The van der Waals surface area contributed by atoms with Gasteiger partial charge in [-0.25, -0.2) is 0 Å². The summed E-state index contributed by atoms with van der Waals surface area (Å²) in [4.78, 5) is 49.8. The maximum absolute atomic E-state index is 12.5. The second kappa shape index (κ2) is 7.34. The molecule has 27 heavy (non-hydrogen) atoms. The van der Waals surface area contributed by atoms with E-state index < -0.39 is 16.3 Å². The van der Waals surface area contributed by atoms with Crippen molar-refractivity contribution in [3.05, 3.63) is 39.9 Å². The molecular formula is C18H21N3O6. The molecule has 2 fully saturated rings. The molecule has 1 aliphatic heterocycles. The summed E-state index contributed by atoms with van der Waals surface area (Å²) >= 11 is 0. The van der Waals surface area contributed by atoms with E-state index in [0.717, 1.165) is 6.42 Å². The molecule has 1 N–H and O–H groups in total. The highest BCUT2D eigenvalue weighted by molar-refractivity contribution is 5.94. The molecule has 0 aromatic heterocycles. The van der Waals surface area contributed by atoms with Crippen LogP contribution in [0, 0.1) is 15.5 Å². The van der Waals surface area contributed by atoms with Gasteiger partial charge in [-0.2, -0.15) is 0 Å². The van der Waals surface area contributed by atoms with E-state index >= 15 is 0 Å². The Labute approximate surface area is 155 Å². The van der Waals surface area contributed by atoms with Gasteiger partial charge >= 0.3 is 5.97 Å². The molecule has 2 amide bonds. The number of carbonyl (C=O) groups is 3. The quantitative estimate of drug-likeness (QED) is 0.615. The second-order valence-electron chi connectivity index (χ2n) is 7.09. The fourth-order valence-corrected chi connectivity index (χ4v) is 3.54. The third-order valence-corrected chi connectivity index (χ3v) is 5.50. The largest absolute Gasteiger partial charge is 0.481 e. The molecule has 3 rings (SSSR count). The van der Waals surface area contributed by atoms with E-state index in [1.165, 1.54) is 24.3 Å². The molecule has 1 saturated carbocycles. The van der Waals surface area contributed by atoms with E-state index in [2.05, 4.69) is 0 Å². The molecule has 0 radical (unpaired) electrons. The van der Waals surface area contributed by atoms with E-state index in [1.807, 2.05) is 0 Å². The van der Waals surface area contributed by atoms with Gasteiger partial charge in [0.1, 0.15) is 0 Å². The number of hydrogen-bond acceptors (Lipinski definition) is 5. The summed E-state index contributed by atoms with van der Waals surface area (Å²) in [5.74, 6) is -1.33. The first-order valence-electron chi connectivity index (χ1n) is 8.87. The van der Waals surface area contributed by atoms with Crippen LogP contribution in [0.1, 0.15) is 36.0 Å². The van der Waals surface area contributed by atoms with Crippen molar-refractivity contribution < 1.29 is 24.4 Å². The zero-order valence-corrected chi connectivity index (χ0v) is 14.8. The van der Waals surface area contributed by atoms with Gasteiger partial charge < -0.3 is 14.9 Å². The molecule has 1 saturated heterocycles. The number of carbonyl (C=O) groups excluding carboxylic acids is 2. The average molecular weight is 375 g/mol. The van der Waals surface area contributed by atoms with Crippen molar-refractivity contribution in [2.24, 2.45) is 5.41 Å². The van der Waals surface area contributed by atoms with Crippen molar-refractivity contribution in [1.82, 2.24) is 9.80 Å². The number of rotatable bonds is 5. The van der Waals surface area contributed by atoms with Gasteiger partial charge in [-0.3, -0.25) is 24.5 Å². The van der Waals surface area contributed by atoms with Crippen LogP contribution < -0.4 is 0 Å². The molecule has 0 spiro atoms. The Balaban J connectivity index is 1.55. The summed E-state index contributed by atoms with van der Waals surface area (Å²) in [5, 5.41) is 20.0. The van der Waals surface area contributed by atoms with Gasteiger partial charge in [0, 0.05) is 50.3 Å². The van der Waals surface area contributed by atoms with Crippen LogP contribution in [-0.4, -0.2) is 63.8 Å². The first-order chi connectivity index (χ1) is 12.8. The summed E-state index contributed by atoms with van der Waals surface area (Å²) in [6.07, 6.45) is 1.91. The van der Waals surface area contributed by atoms with Gasteiger partial charge in [-0.15, -0.1) is 0 Å². The van der Waals surface area contributed by atoms with Gasteiger partial charge in [-0.05, 0) is 25.0 Å². The number of aliphatic carboxylic acids is 1. The zero-order valence-electron chi connectivity index (χ0n) is 14.8. The first-order valence-corrected chi connectivity index (χ1v) is 8.87. The fourth-order valence-electron chi connectivity index (χ4n) is 3.54. The lowest BCUT2D eigenvalue weighted by Crippen LogP contribution is -2.52. The number of carboxylic acid groups (broad SMARTS) is 1. The average Bonchev–Trinajstić information content (AvgIpc) is 2.63. The van der Waals surface area contributed by atoms with Crippen molar-refractivity contribution in [3.8, 4) is 0 Å². The van der Waals surface area contributed by atoms with Crippen LogP contribution in [0.15, 0.2) is 24.3 Å². The number of nitrogens with zero attached hydrogens (tertiary/aromatic N) is 3. The van der Waals surface area contributed by atoms with Crippen LogP contribution >= 0.6 is 0 Å². The predicted molar refractivity (Wildman–Crippen MR) is 94.1 cm³/mol. The van der Waals surface area contributed by atoms with Crippen LogP contribution in [0.4, 0.5) is 5.69 Å². The molecule has 0 atom stereocenters. The van der Waals surface area contributed by atoms with Crippen LogP contribution in [0.25, 0.3) is 0 Å². The van der Waals surface area contributed by atoms with Gasteiger partial charge in [0.05, 0.1) is 10.3 Å². The topological polar surface area (TPSA) is 121 Å². The molecule has 9 heteroatoms. The van der Waals surface area contributed by atoms with Crippen molar-refractivity contribution in [1.29, 1.82) is 0 Å². The van der Waals surface area contributed by atoms with E-state index in [4.69, 9.17) is 0 Å². The van der Waals surface area contributed by atoms with Crippen LogP contribution in [0.2, 0.25) is 0 Å². The molecule has 1 aliphatic carbocycles. The monoisotopic (exact) mass is 375 g/mol. The second-order valence-corrected chi connectivity index (χ2v) is 7.09. The third-order valence-electron chi connectivity index (χ3n) is 5.50. The lowest BCUT2D eigenvalue weighted by molar-refractivity contribution is -0.384. The lowest BCUT2D eigenvalue weighted by atomic mass is 9.66. The number of benzene rings is 1. The molecule has 1 aromatic rings. The number of non-ortho nitro benzene ring substituents is 1. The van der Waals surface area contributed by atoms with Crippen LogP contribution in [-0.2, 0) is 9.59 Å². The van der Waals surface area contributed by atoms with Crippen molar-refractivity contribution >= 4 is 23.5 Å². The van der Waals surface area contributed by atoms with E-state index in [1.54, 1.807) is 9.80 Å². The highest BCUT2D eigenvalue weighted by Crippen LogP contribution is 2.44. The predicted octanol–water partition coefficient (Wildman–Crippen LogP) is 1.52. The minimum absolute atomic E-state index is 0.0125. The zero-order chi connectivity index (χ0) is 19.6. The van der Waals surface area contributed by atoms with Gasteiger partial charge in [0.2, 0.25) is 5.91 Å². The number of nitro groups is 1. The maximum atomic E-state index is 12.5. The summed E-state index contributed by atoms with van der Waals surface area (Å²) < 4.78 is 0. The maximum Gasteiger partial charge on any atom is 0.310 e. The Kier molecular flexibility index (Phi) is 5.11. The molecule has 2 aliphatic rings. The normalized spacial score (nSPS) is 18.5. The standard InChI is InChI=1S/C18H21N3O6/c22-15(12-18(17(24)25)6-1-7-18)19-8-10-20(11-9-19)16(23)13-2-4-14(5-3-13)21(26)27/h2-5H,1,6-12H2,(H,24,25). The van der Waals surface area contributed by atoms with Gasteiger partial charge in [-0.1, -0.05) is 6.42 Å². The first kappa shape index (κ1) is 18.8. The number of nitro benzene ring substituents is 1. The van der Waals surface area contributed by atoms with E-state index in [9.17, 15) is 29.6 Å². The Morgan fingerprint density at radius 2 is 1.59 bits per heavy atom. The van der Waals surface area contributed by atoms with Crippen LogP contribution in [0.3, 0.4) is 0 Å². The molecule has 144 valence electrons. The molecule has 1 aromatic carbocycles. The smallest absolute Gasteiger partial charge is 0.310 e. The summed E-state index contributed by atoms with van der Waals surface area (Å²) in [6.45, 7) is 1.41. The van der Waals surface area contributed by atoms with Crippen LogP contribution in [0.5, 0.6) is 0 Å². The molecule has 1 heterocycles. The van der Waals surface area contributed by atoms with Crippen molar-refractivity contribution in [2.75, 3.05) is 26.2 Å². The number of piperazine rings is 1. The summed E-state index contributed by atoms with van der Waals surface area (Å²) in [6, 6.07) is 5.42. The number of amides is 2. The Morgan fingerprint density at radius 3 is 2.04 bits per heavy atom. The van der Waals surface area contributed by atoms with E-state index in [-0.39, 0.29) is 23.9 Å². The SMILES string of the molecule is O=C(CC1(C(=O)O)CCC1)N1CCN(C(=O)c2ccc([N+](=O)[O-])cc2)CC1. The molecular weight excluding hydrogens is 354 g/mol. The molecule has 9 nitrogen and oxygen atoms in total. The Bertz CT molecular complexity index is 764. The fraction of sp³-hybridized carbons (Fsp3) is 0.500. The number of hydrogen-bond donors (Lipinski definition) is 1. The third kappa shape index (κ3) is 3.76. The van der Waals surface area contributed by atoms with Crippen molar-refractivity contribution in [3.63, 3.8) is 0 Å². The van der Waals surface area contributed by atoms with Gasteiger partial charge in [0.25, 0.3) is 11.6 Å². The minimum Gasteiger partial charge on any atom is -0.481 e.